The first-order valence-electron chi connectivity index (χ1n) is 10.5. The Hall–Kier alpha value is -3.22. The highest BCUT2D eigenvalue weighted by molar-refractivity contribution is 7.16. The Labute approximate surface area is 198 Å². The van der Waals surface area contributed by atoms with E-state index in [-0.39, 0.29) is 11.9 Å². The number of carbonyl (C=O) groups is 1. The van der Waals surface area contributed by atoms with Gasteiger partial charge in [-0.3, -0.25) is 4.79 Å². The number of anilines is 3. The van der Waals surface area contributed by atoms with Gasteiger partial charge in [-0.1, -0.05) is 11.3 Å². The number of nitrogens with one attached hydrogen (secondary N) is 2. The molecule has 1 aliphatic heterocycles. The number of hydrogen-bond acceptors (Lipinski definition) is 11. The van der Waals surface area contributed by atoms with Gasteiger partial charge < -0.3 is 20.6 Å². The van der Waals surface area contributed by atoms with Crippen molar-refractivity contribution < 1.29 is 9.90 Å². The number of rotatable bonds is 6. The van der Waals surface area contributed by atoms with E-state index in [4.69, 9.17) is 0 Å². The van der Waals surface area contributed by atoms with Gasteiger partial charge in [-0.25, -0.2) is 4.98 Å². The summed E-state index contributed by atoms with van der Waals surface area (Å²) in [5.41, 5.74) is 4.17. The first-order valence-corrected chi connectivity index (χ1v) is 12.1. The number of likely N-dealkylation sites (tertiary alicyclic amines) is 1. The number of nitrogens with zero attached hydrogens (tertiary/aromatic N) is 6. The van der Waals surface area contributed by atoms with Crippen molar-refractivity contribution in [3.8, 4) is 10.6 Å². The predicted octanol–water partition coefficient (Wildman–Crippen LogP) is 3.38. The molecule has 1 amide bonds. The number of aromatic nitrogens is 5. The Bertz CT molecular complexity index is 1300. The van der Waals surface area contributed by atoms with E-state index in [0.717, 1.165) is 28.0 Å². The summed E-state index contributed by atoms with van der Waals surface area (Å²) < 4.78 is 8.51. The molecule has 1 aromatic carbocycles. The Kier molecular flexibility index (Phi) is 5.87. The van der Waals surface area contributed by atoms with Crippen molar-refractivity contribution in [1.82, 2.24) is 28.8 Å². The SMILES string of the molecule is CC(C)Nc1cc(Nc2ccc3nsnc3c2)ncc1-c1nnc(C(=O)N2CCC(O)C2)s1. The quantitative estimate of drug-likeness (QED) is 0.379. The molecule has 0 radical (unpaired) electrons. The smallest absolute Gasteiger partial charge is 0.284 e. The van der Waals surface area contributed by atoms with Gasteiger partial charge in [-0.2, -0.15) is 8.75 Å². The molecular formula is C21H22N8O2S2. The van der Waals surface area contributed by atoms with Crippen LogP contribution >= 0.6 is 23.1 Å². The van der Waals surface area contributed by atoms with Crippen LogP contribution in [0.15, 0.2) is 30.5 Å². The zero-order valence-electron chi connectivity index (χ0n) is 18.0. The van der Waals surface area contributed by atoms with Gasteiger partial charge in [0.2, 0.25) is 5.01 Å². The summed E-state index contributed by atoms with van der Waals surface area (Å²) in [6.07, 6.45) is 1.84. The standard InChI is InChI=1S/C21H22N8O2S2/c1-11(2)23-16-8-18(24-12-3-4-15-17(7-12)28-33-27-15)22-9-14(16)19-25-26-20(32-19)21(31)29-6-5-13(30)10-29/h3-4,7-9,11,13,30H,5-6,10H2,1-2H3,(H2,22,23,24). The molecule has 0 saturated carbocycles. The number of benzene rings is 1. The Morgan fingerprint density at radius 1 is 1.21 bits per heavy atom. The molecule has 0 aliphatic carbocycles. The van der Waals surface area contributed by atoms with E-state index >= 15 is 0 Å². The number of β-amino-alcohol motifs (C(OH)–C–C–N with tert-alkyl or cyclic N) is 1. The lowest BCUT2D eigenvalue weighted by atomic mass is 10.2. The average molecular weight is 483 g/mol. The van der Waals surface area contributed by atoms with E-state index in [1.165, 1.54) is 23.1 Å². The number of aliphatic hydroxyl groups excluding tert-OH is 1. The van der Waals surface area contributed by atoms with Crippen LogP contribution in [-0.2, 0) is 0 Å². The fourth-order valence-electron chi connectivity index (χ4n) is 3.61. The topological polar surface area (TPSA) is 129 Å². The van der Waals surface area contributed by atoms with Crippen molar-refractivity contribution in [2.45, 2.75) is 32.4 Å². The Morgan fingerprint density at radius 2 is 2.06 bits per heavy atom. The van der Waals surface area contributed by atoms with Crippen molar-refractivity contribution in [2.75, 3.05) is 23.7 Å². The molecule has 0 spiro atoms. The normalized spacial score (nSPS) is 16.0. The molecule has 170 valence electrons. The van der Waals surface area contributed by atoms with Crippen LogP contribution in [0.5, 0.6) is 0 Å². The molecule has 1 fully saturated rings. The number of fused-ring (bicyclic) bond motifs is 1. The summed E-state index contributed by atoms with van der Waals surface area (Å²) in [5.74, 6) is 0.461. The lowest BCUT2D eigenvalue weighted by molar-refractivity contribution is 0.0763. The van der Waals surface area contributed by atoms with E-state index < -0.39 is 6.10 Å². The Balaban J connectivity index is 1.41. The molecule has 4 aromatic rings. The van der Waals surface area contributed by atoms with Crippen LogP contribution in [-0.4, -0.2) is 65.1 Å². The van der Waals surface area contributed by atoms with Gasteiger partial charge in [0.25, 0.3) is 5.91 Å². The zero-order valence-corrected chi connectivity index (χ0v) is 19.7. The maximum atomic E-state index is 12.7. The van der Waals surface area contributed by atoms with Gasteiger partial charge in [0.05, 0.1) is 23.4 Å². The number of amides is 1. The molecule has 0 bridgehead atoms. The molecular weight excluding hydrogens is 460 g/mol. The van der Waals surface area contributed by atoms with Crippen LogP contribution < -0.4 is 10.6 Å². The van der Waals surface area contributed by atoms with Gasteiger partial charge in [0.1, 0.15) is 16.9 Å². The second-order valence-electron chi connectivity index (χ2n) is 8.11. The van der Waals surface area contributed by atoms with Gasteiger partial charge in [0, 0.05) is 42.8 Å². The van der Waals surface area contributed by atoms with Gasteiger partial charge in [0.15, 0.2) is 5.01 Å². The van der Waals surface area contributed by atoms with E-state index in [2.05, 4.69) is 34.6 Å². The molecule has 5 rings (SSSR count). The summed E-state index contributed by atoms with van der Waals surface area (Å²) in [6, 6.07) is 7.88. The van der Waals surface area contributed by atoms with Gasteiger partial charge in [-0.05, 0) is 38.5 Å². The fraction of sp³-hybridized carbons (Fsp3) is 0.333. The summed E-state index contributed by atoms with van der Waals surface area (Å²) >= 11 is 2.41. The molecule has 10 nitrogen and oxygen atoms in total. The second kappa shape index (κ2) is 8.96. The zero-order chi connectivity index (χ0) is 22.9. The second-order valence-corrected chi connectivity index (χ2v) is 9.62. The third kappa shape index (κ3) is 4.63. The van der Waals surface area contributed by atoms with Crippen LogP contribution in [0.1, 0.15) is 30.1 Å². The molecule has 1 unspecified atom stereocenters. The molecule has 33 heavy (non-hydrogen) atoms. The molecule has 3 aromatic heterocycles. The maximum absolute atomic E-state index is 12.7. The minimum absolute atomic E-state index is 0.177. The predicted molar refractivity (Wildman–Crippen MR) is 129 cm³/mol. The van der Waals surface area contributed by atoms with Crippen LogP contribution in [0.3, 0.4) is 0 Å². The number of aliphatic hydroxyl groups is 1. The van der Waals surface area contributed by atoms with Crippen LogP contribution in [0.25, 0.3) is 21.6 Å². The summed E-state index contributed by atoms with van der Waals surface area (Å²) in [7, 11) is 0. The minimum Gasteiger partial charge on any atom is -0.391 e. The highest BCUT2D eigenvalue weighted by Gasteiger charge is 2.28. The van der Waals surface area contributed by atoms with Crippen molar-refractivity contribution in [2.24, 2.45) is 0 Å². The highest BCUT2D eigenvalue weighted by atomic mass is 32.1. The van der Waals surface area contributed by atoms with Crippen LogP contribution in [0, 0.1) is 0 Å². The molecule has 4 heterocycles. The van der Waals surface area contributed by atoms with E-state index in [0.29, 0.717) is 35.3 Å². The van der Waals surface area contributed by atoms with E-state index in [9.17, 15) is 9.90 Å². The molecule has 3 N–H and O–H groups in total. The maximum Gasteiger partial charge on any atom is 0.284 e. The average Bonchev–Trinajstić information content (AvgIpc) is 3.53. The lowest BCUT2D eigenvalue weighted by Gasteiger charge is -2.15. The van der Waals surface area contributed by atoms with Crippen molar-refractivity contribution in [1.29, 1.82) is 0 Å². The minimum atomic E-state index is -0.472. The van der Waals surface area contributed by atoms with E-state index in [1.807, 2.05) is 38.1 Å². The molecule has 12 heteroatoms. The summed E-state index contributed by atoms with van der Waals surface area (Å²) in [6.45, 7) is 4.96. The third-order valence-electron chi connectivity index (χ3n) is 5.16. The molecule has 1 atom stereocenters. The van der Waals surface area contributed by atoms with Crippen molar-refractivity contribution >= 4 is 57.2 Å². The van der Waals surface area contributed by atoms with E-state index in [1.54, 1.807) is 11.1 Å². The van der Waals surface area contributed by atoms with Gasteiger partial charge in [-0.15, -0.1) is 10.2 Å². The first kappa shape index (κ1) is 21.6. The number of carbonyl (C=O) groups excluding carboxylic acids is 1. The summed E-state index contributed by atoms with van der Waals surface area (Å²) in [4.78, 5) is 18.9. The first-order chi connectivity index (χ1) is 16.0. The fourth-order valence-corrected chi connectivity index (χ4v) is 4.97. The molecule has 1 aliphatic rings. The van der Waals surface area contributed by atoms with Gasteiger partial charge >= 0.3 is 0 Å². The highest BCUT2D eigenvalue weighted by Crippen LogP contribution is 2.33. The lowest BCUT2D eigenvalue weighted by Crippen LogP contribution is -2.29. The monoisotopic (exact) mass is 482 g/mol. The Morgan fingerprint density at radius 3 is 2.85 bits per heavy atom. The number of hydrogen-bond donors (Lipinski definition) is 3. The largest absolute Gasteiger partial charge is 0.391 e. The van der Waals surface area contributed by atoms with Crippen molar-refractivity contribution in [3.05, 3.63) is 35.5 Å². The van der Waals surface area contributed by atoms with Crippen LogP contribution in [0.2, 0.25) is 0 Å². The summed E-state index contributed by atoms with van der Waals surface area (Å²) in [5, 5.41) is 25.7. The van der Waals surface area contributed by atoms with Crippen molar-refractivity contribution in [3.63, 3.8) is 0 Å². The number of pyridine rings is 1. The third-order valence-corrected chi connectivity index (χ3v) is 6.66. The molecule has 1 saturated heterocycles. The van der Waals surface area contributed by atoms with Crippen LogP contribution in [0.4, 0.5) is 17.2 Å².